The lowest BCUT2D eigenvalue weighted by molar-refractivity contribution is -0.140. The zero-order valence-corrected chi connectivity index (χ0v) is 17.1. The molecule has 30 heavy (non-hydrogen) atoms. The second kappa shape index (κ2) is 9.11. The number of methoxy groups -OCH3 is 1. The lowest BCUT2D eigenvalue weighted by atomic mass is 10.0. The highest BCUT2D eigenvalue weighted by Gasteiger charge is 2.37. The molecule has 0 saturated heterocycles. The van der Waals surface area contributed by atoms with Crippen LogP contribution in [0.1, 0.15) is 34.7 Å². The summed E-state index contributed by atoms with van der Waals surface area (Å²) in [5.41, 5.74) is -1.55. The van der Waals surface area contributed by atoms with E-state index in [1.165, 1.54) is 19.2 Å². The summed E-state index contributed by atoms with van der Waals surface area (Å²) in [5.74, 6) is -0.547. The van der Waals surface area contributed by atoms with Gasteiger partial charge < -0.3 is 14.8 Å². The van der Waals surface area contributed by atoms with Gasteiger partial charge >= 0.3 is 12.4 Å². The van der Waals surface area contributed by atoms with Crippen molar-refractivity contribution in [2.75, 3.05) is 12.4 Å². The van der Waals surface area contributed by atoms with Crippen LogP contribution in [0.2, 0.25) is 0 Å². The Morgan fingerprint density at radius 3 is 2.20 bits per heavy atom. The van der Waals surface area contributed by atoms with E-state index in [0.29, 0.717) is 17.5 Å². The molecule has 2 aromatic rings. The Labute approximate surface area is 175 Å². The van der Waals surface area contributed by atoms with Gasteiger partial charge in [-0.1, -0.05) is 13.0 Å². The predicted molar refractivity (Wildman–Crippen MR) is 105 cm³/mol. The predicted octanol–water partition coefficient (Wildman–Crippen LogP) is 6.52. The van der Waals surface area contributed by atoms with E-state index in [1.807, 2.05) is 0 Å². The van der Waals surface area contributed by atoms with E-state index in [-0.39, 0.29) is 10.9 Å². The Bertz CT molecular complexity index is 925. The highest BCUT2D eigenvalue weighted by Crippen LogP contribution is 2.40. The van der Waals surface area contributed by atoms with Gasteiger partial charge in [0.15, 0.2) is 0 Å². The number of hydrogen-bond donors (Lipinski definition) is 1. The maximum atomic E-state index is 13.5. The van der Waals surface area contributed by atoms with Crippen molar-refractivity contribution in [3.8, 4) is 5.75 Å². The van der Waals surface area contributed by atoms with Gasteiger partial charge in [-0.2, -0.15) is 26.3 Å². The van der Waals surface area contributed by atoms with Crippen molar-refractivity contribution in [2.45, 2.75) is 39.2 Å². The minimum Gasteiger partial charge on any atom is -0.488 e. The second-order valence-electron chi connectivity index (χ2n) is 6.36. The van der Waals surface area contributed by atoms with Gasteiger partial charge in [0, 0.05) is 11.3 Å². The fraction of sp³-hybridized carbons (Fsp3) is 0.350. The van der Waals surface area contributed by atoms with E-state index in [2.05, 4.69) is 5.32 Å². The molecule has 0 spiro atoms. The van der Waals surface area contributed by atoms with Gasteiger partial charge in [0.1, 0.15) is 12.4 Å². The van der Waals surface area contributed by atoms with E-state index in [0.717, 1.165) is 18.2 Å². The van der Waals surface area contributed by atoms with Crippen LogP contribution in [0, 0.1) is 6.92 Å². The van der Waals surface area contributed by atoms with Crippen LogP contribution in [0.3, 0.4) is 0 Å². The summed E-state index contributed by atoms with van der Waals surface area (Å²) in [5, 5.41) is 2.29. The van der Waals surface area contributed by atoms with Crippen LogP contribution in [0.5, 0.6) is 5.75 Å². The van der Waals surface area contributed by atoms with Crippen molar-refractivity contribution in [1.29, 1.82) is 0 Å². The number of alkyl halides is 6. The molecule has 0 atom stereocenters. The third-order valence-electron chi connectivity index (χ3n) is 4.40. The largest absolute Gasteiger partial charge is 0.488 e. The van der Waals surface area contributed by atoms with Crippen molar-refractivity contribution in [3.63, 3.8) is 0 Å². The molecule has 3 nitrogen and oxygen atoms in total. The summed E-state index contributed by atoms with van der Waals surface area (Å²) in [4.78, 5) is 0. The van der Waals surface area contributed by atoms with E-state index >= 15 is 0 Å². The van der Waals surface area contributed by atoms with Gasteiger partial charge in [-0.3, -0.25) is 0 Å². The van der Waals surface area contributed by atoms with Gasteiger partial charge in [0.05, 0.1) is 18.2 Å². The van der Waals surface area contributed by atoms with Crippen LogP contribution < -0.4 is 10.1 Å². The van der Waals surface area contributed by atoms with Crippen LogP contribution in [0.25, 0.3) is 0 Å². The first kappa shape index (κ1) is 23.8. The average Bonchev–Trinajstić information content (AvgIpc) is 2.64. The first-order valence-electron chi connectivity index (χ1n) is 8.76. The smallest absolute Gasteiger partial charge is 0.419 e. The minimum atomic E-state index is -4.75. The third kappa shape index (κ3) is 5.56. The summed E-state index contributed by atoms with van der Waals surface area (Å²) in [7, 11) is 1.23. The van der Waals surface area contributed by atoms with Crippen LogP contribution >= 0.6 is 12.2 Å². The van der Waals surface area contributed by atoms with Crippen molar-refractivity contribution in [3.05, 3.63) is 58.1 Å². The topological polar surface area (TPSA) is 30.5 Å². The van der Waals surface area contributed by atoms with Gasteiger partial charge in [0.2, 0.25) is 0 Å². The highest BCUT2D eigenvalue weighted by molar-refractivity contribution is 7.80. The Balaban J connectivity index is 2.51. The Morgan fingerprint density at radius 2 is 1.67 bits per heavy atom. The lowest BCUT2D eigenvalue weighted by Gasteiger charge is -2.20. The number of hydrogen-bond acceptors (Lipinski definition) is 3. The quantitative estimate of drug-likeness (QED) is 0.414. The molecule has 0 radical (unpaired) electrons. The summed E-state index contributed by atoms with van der Waals surface area (Å²) in [6, 6.07) is 5.41. The van der Waals surface area contributed by atoms with E-state index in [1.54, 1.807) is 13.8 Å². The van der Waals surface area contributed by atoms with E-state index in [9.17, 15) is 26.3 Å². The van der Waals surface area contributed by atoms with Crippen LogP contribution in [-0.2, 0) is 30.1 Å². The van der Waals surface area contributed by atoms with Crippen LogP contribution in [0.4, 0.5) is 32.0 Å². The molecule has 0 aromatic heterocycles. The van der Waals surface area contributed by atoms with Gasteiger partial charge in [-0.05, 0) is 61.0 Å². The molecule has 0 aliphatic carbocycles. The zero-order valence-electron chi connectivity index (χ0n) is 16.3. The molecule has 0 heterocycles. The molecule has 2 rings (SSSR count). The summed E-state index contributed by atoms with van der Waals surface area (Å²) in [6.45, 7) is 2.55. The standard InChI is InChI=1S/C20H19F6NO2S/c1-4-12-9-15(20(24,25)26)17(8-11(12)2)29-10-13-14(19(21,22)23)6-5-7-16(13)27-18(30)28-3/h5-9H,4,10H2,1-3H3,(H,27,30). The minimum absolute atomic E-state index is 0.0767. The molecular formula is C20H19F6NO2S. The maximum Gasteiger partial charge on any atom is 0.419 e. The zero-order chi connectivity index (χ0) is 22.7. The first-order chi connectivity index (χ1) is 13.9. The molecule has 0 unspecified atom stereocenters. The summed E-state index contributed by atoms with van der Waals surface area (Å²) < 4.78 is 90.9. The number of anilines is 1. The van der Waals surface area contributed by atoms with Gasteiger partial charge in [-0.25, -0.2) is 0 Å². The van der Waals surface area contributed by atoms with Crippen molar-refractivity contribution >= 4 is 23.1 Å². The molecule has 2 aromatic carbocycles. The Hall–Kier alpha value is -2.49. The molecule has 10 heteroatoms. The number of ether oxygens (including phenoxy) is 2. The summed E-state index contributed by atoms with van der Waals surface area (Å²) >= 11 is 4.82. The highest BCUT2D eigenvalue weighted by atomic mass is 32.1. The Kier molecular flexibility index (Phi) is 7.23. The molecule has 0 saturated carbocycles. The van der Waals surface area contributed by atoms with Crippen LogP contribution in [-0.4, -0.2) is 12.3 Å². The number of thiocarbonyl (C=S) groups is 1. The number of nitrogens with one attached hydrogen (secondary N) is 1. The molecule has 0 amide bonds. The fourth-order valence-corrected chi connectivity index (χ4v) is 2.99. The lowest BCUT2D eigenvalue weighted by Crippen LogP contribution is -2.18. The molecule has 0 bridgehead atoms. The van der Waals surface area contributed by atoms with Crippen molar-refractivity contribution in [2.24, 2.45) is 0 Å². The normalized spacial score (nSPS) is 11.9. The molecule has 0 aliphatic heterocycles. The molecule has 0 aliphatic rings. The number of halogens is 6. The molecular weight excluding hydrogens is 432 g/mol. The average molecular weight is 451 g/mol. The number of aryl methyl sites for hydroxylation is 2. The molecule has 164 valence electrons. The van der Waals surface area contributed by atoms with E-state index < -0.39 is 41.4 Å². The SMILES string of the molecule is CCc1cc(C(F)(F)F)c(OCc2c(NC(=S)OC)cccc2C(F)(F)F)cc1C. The molecule has 1 N–H and O–H groups in total. The number of rotatable bonds is 5. The van der Waals surface area contributed by atoms with Crippen molar-refractivity contribution in [1.82, 2.24) is 0 Å². The first-order valence-corrected chi connectivity index (χ1v) is 9.16. The fourth-order valence-electron chi connectivity index (χ4n) is 2.88. The van der Waals surface area contributed by atoms with E-state index in [4.69, 9.17) is 21.7 Å². The Morgan fingerprint density at radius 1 is 1.03 bits per heavy atom. The van der Waals surface area contributed by atoms with Crippen LogP contribution in [0.15, 0.2) is 30.3 Å². The monoisotopic (exact) mass is 451 g/mol. The van der Waals surface area contributed by atoms with Crippen molar-refractivity contribution < 1.29 is 35.8 Å². The molecule has 0 fully saturated rings. The summed E-state index contributed by atoms with van der Waals surface area (Å²) in [6.07, 6.45) is -9.11. The second-order valence-corrected chi connectivity index (χ2v) is 6.73. The van der Waals surface area contributed by atoms with Gasteiger partial charge in [0.25, 0.3) is 5.17 Å². The number of benzene rings is 2. The maximum absolute atomic E-state index is 13.5. The van der Waals surface area contributed by atoms with Gasteiger partial charge in [-0.15, -0.1) is 0 Å². The third-order valence-corrected chi connectivity index (χ3v) is 4.67.